The molecule has 0 radical (unpaired) electrons. The molecule has 2 heterocycles. The van der Waals surface area contributed by atoms with Crippen LogP contribution in [0.25, 0.3) is 10.9 Å². The molecule has 13 heteroatoms. The average Bonchev–Trinajstić information content (AvgIpc) is 3.40. The number of carbonyl (C=O) groups excluding carboxylic acids is 2. The third-order valence-corrected chi connectivity index (χ3v) is 7.45. The molecule has 0 aliphatic heterocycles. The molecule has 198 valence electrons. The van der Waals surface area contributed by atoms with Crippen LogP contribution in [-0.2, 0) is 25.8 Å². The van der Waals surface area contributed by atoms with E-state index in [9.17, 15) is 13.8 Å². The molecular formula is C25H25N5O6S2. The highest BCUT2D eigenvalue weighted by atomic mass is 32.2. The average molecular weight is 556 g/mol. The fraction of sp³-hybridized carbons (Fsp3) is 0.240. The van der Waals surface area contributed by atoms with E-state index in [1.165, 1.54) is 23.9 Å². The lowest BCUT2D eigenvalue weighted by molar-refractivity contribution is 0.0521. The fourth-order valence-electron chi connectivity index (χ4n) is 3.43. The van der Waals surface area contributed by atoms with Gasteiger partial charge in [0.15, 0.2) is 5.13 Å². The molecule has 38 heavy (non-hydrogen) atoms. The molecular weight excluding hydrogens is 530 g/mol. The number of aromatic nitrogens is 3. The van der Waals surface area contributed by atoms with Crippen LogP contribution in [0.2, 0.25) is 0 Å². The van der Waals surface area contributed by atoms with Crippen molar-refractivity contribution in [3.8, 4) is 5.75 Å². The molecule has 2 aromatic carbocycles. The van der Waals surface area contributed by atoms with E-state index in [1.807, 2.05) is 5.38 Å². The van der Waals surface area contributed by atoms with Gasteiger partial charge in [-0.25, -0.2) is 28.7 Å². The van der Waals surface area contributed by atoms with Gasteiger partial charge in [-0.2, -0.15) is 0 Å². The largest absolute Gasteiger partial charge is 0.488 e. The number of hydrogen-bond donors (Lipinski definition) is 1. The first-order chi connectivity index (χ1) is 18.3. The number of thiazole rings is 1. The molecule has 0 saturated carbocycles. The van der Waals surface area contributed by atoms with Crippen LogP contribution in [0.3, 0.4) is 0 Å². The first kappa shape index (κ1) is 26.9. The van der Waals surface area contributed by atoms with Gasteiger partial charge in [0.2, 0.25) is 0 Å². The first-order valence-corrected chi connectivity index (χ1v) is 14.3. The molecule has 0 fully saturated rings. The van der Waals surface area contributed by atoms with Crippen LogP contribution in [0, 0.1) is 0 Å². The highest BCUT2D eigenvalue weighted by Gasteiger charge is 2.19. The Balaban J connectivity index is 1.66. The van der Waals surface area contributed by atoms with Crippen LogP contribution in [0.1, 0.15) is 29.8 Å². The van der Waals surface area contributed by atoms with Gasteiger partial charge in [0, 0.05) is 34.2 Å². The third-order valence-electron chi connectivity index (χ3n) is 5.14. The Morgan fingerprint density at radius 3 is 2.63 bits per heavy atom. The summed E-state index contributed by atoms with van der Waals surface area (Å²) in [6.45, 7) is 3.71. The normalized spacial score (nSPS) is 12.4. The van der Waals surface area contributed by atoms with E-state index in [0.29, 0.717) is 32.3 Å². The van der Waals surface area contributed by atoms with Crippen molar-refractivity contribution >= 4 is 55.0 Å². The smallest absolute Gasteiger partial charge is 0.442 e. The van der Waals surface area contributed by atoms with Crippen LogP contribution in [0.4, 0.5) is 15.7 Å². The van der Waals surface area contributed by atoms with Gasteiger partial charge in [-0.3, -0.25) is 0 Å². The summed E-state index contributed by atoms with van der Waals surface area (Å²) in [6, 6.07) is 9.96. The van der Waals surface area contributed by atoms with Crippen LogP contribution in [0.15, 0.2) is 63.6 Å². The van der Waals surface area contributed by atoms with E-state index in [4.69, 9.17) is 14.2 Å². The molecule has 1 N–H and O–H groups in total. The van der Waals surface area contributed by atoms with Crippen molar-refractivity contribution in [2.45, 2.75) is 25.3 Å². The number of nitrogens with zero attached hydrogens (tertiary/aromatic N) is 4. The lowest BCUT2D eigenvalue weighted by atomic mass is 10.1. The lowest BCUT2D eigenvalue weighted by Gasteiger charge is -2.14. The van der Waals surface area contributed by atoms with Gasteiger partial charge >= 0.3 is 12.1 Å². The monoisotopic (exact) mass is 555 g/mol. The van der Waals surface area contributed by atoms with Crippen molar-refractivity contribution in [2.24, 2.45) is 4.36 Å². The highest BCUT2D eigenvalue weighted by Crippen LogP contribution is 2.31. The molecule has 11 nitrogen and oxygen atoms in total. The van der Waals surface area contributed by atoms with E-state index in [-0.39, 0.29) is 31.1 Å². The zero-order valence-electron chi connectivity index (χ0n) is 20.9. The number of rotatable bonds is 9. The number of ether oxygens (including phenoxy) is 3. The molecule has 1 amide bonds. The maximum atomic E-state index is 13.0. The van der Waals surface area contributed by atoms with Gasteiger partial charge in [-0.1, -0.05) is 12.1 Å². The molecule has 1 unspecified atom stereocenters. The number of carbonyl (C=O) groups is 2. The van der Waals surface area contributed by atoms with Crippen LogP contribution in [-0.4, -0.2) is 50.7 Å². The Morgan fingerprint density at radius 1 is 1.08 bits per heavy atom. The zero-order chi connectivity index (χ0) is 27.1. The molecule has 0 saturated heterocycles. The second kappa shape index (κ2) is 12.0. The summed E-state index contributed by atoms with van der Waals surface area (Å²) in [5, 5.41) is 6.20. The fourth-order valence-corrected chi connectivity index (χ4v) is 5.11. The van der Waals surface area contributed by atoms with Gasteiger partial charge in [0.25, 0.3) is 0 Å². The second-order valence-corrected chi connectivity index (χ2v) is 11.0. The maximum absolute atomic E-state index is 13.0. The number of hydrogen-bond acceptors (Lipinski definition) is 11. The van der Waals surface area contributed by atoms with Gasteiger partial charge in [0.05, 0.1) is 28.5 Å². The summed E-state index contributed by atoms with van der Waals surface area (Å²) in [5.74, 6) is 0.179. The Morgan fingerprint density at radius 2 is 1.89 bits per heavy atom. The summed E-state index contributed by atoms with van der Waals surface area (Å²) in [4.78, 5) is 37.8. The Hall–Kier alpha value is -4.10. The Bertz CT molecular complexity index is 1580. The molecule has 1 atom stereocenters. The third kappa shape index (κ3) is 6.42. The summed E-state index contributed by atoms with van der Waals surface area (Å²) in [5.41, 5.74) is 1.39. The quantitative estimate of drug-likeness (QED) is 0.274. The van der Waals surface area contributed by atoms with Gasteiger partial charge < -0.3 is 19.5 Å². The number of esters is 1. The zero-order valence-corrected chi connectivity index (χ0v) is 22.5. The molecule has 0 spiro atoms. The van der Waals surface area contributed by atoms with E-state index in [0.717, 1.165) is 0 Å². The Labute approximate surface area is 223 Å². The lowest BCUT2D eigenvalue weighted by Crippen LogP contribution is -2.09. The topological polar surface area (TPSA) is 142 Å². The minimum Gasteiger partial charge on any atom is -0.488 e. The van der Waals surface area contributed by atoms with Crippen molar-refractivity contribution in [1.82, 2.24) is 15.0 Å². The standard InChI is InChI=1S/C25H25N5O6S2/c1-4-34-23(31)19-12-18-20(27-15-28-22(18)29-24-26-9-10-37-24)13-21(19)36-14-16-7-6-8-17(11-16)38(3,33)30-25(32)35-5-2/h6-13,15H,4-5,14H2,1-3H3,(H,26,27,28,29). The minimum atomic E-state index is -3.03. The van der Waals surface area contributed by atoms with E-state index < -0.39 is 21.8 Å². The molecule has 0 aliphatic carbocycles. The number of nitrogens with one attached hydrogen (secondary N) is 1. The highest BCUT2D eigenvalue weighted by molar-refractivity contribution is 7.93. The van der Waals surface area contributed by atoms with E-state index >= 15 is 0 Å². The van der Waals surface area contributed by atoms with E-state index in [2.05, 4.69) is 24.6 Å². The number of anilines is 2. The summed E-state index contributed by atoms with van der Waals surface area (Å²) < 4.78 is 32.8. The predicted molar refractivity (Wildman–Crippen MR) is 143 cm³/mol. The van der Waals surface area contributed by atoms with Gasteiger partial charge in [-0.05, 0) is 37.6 Å². The number of benzene rings is 2. The number of amides is 1. The maximum Gasteiger partial charge on any atom is 0.442 e. The SMILES string of the molecule is CCOC(=O)N=S(C)(=O)c1cccc(COc2cc3ncnc(Nc4nccs4)c3cc2C(=O)OCC)c1. The molecule has 2 aromatic heterocycles. The summed E-state index contributed by atoms with van der Waals surface area (Å²) in [6.07, 6.45) is 3.55. The predicted octanol–water partition coefficient (Wildman–Crippen LogP) is 5.20. The number of fused-ring (bicyclic) bond motifs is 1. The van der Waals surface area contributed by atoms with Crippen molar-refractivity contribution < 1.29 is 28.0 Å². The molecule has 4 rings (SSSR count). The first-order valence-electron chi connectivity index (χ1n) is 11.5. The second-order valence-electron chi connectivity index (χ2n) is 7.80. The molecule has 4 aromatic rings. The van der Waals surface area contributed by atoms with Gasteiger partial charge in [0.1, 0.15) is 30.1 Å². The van der Waals surface area contributed by atoms with Crippen molar-refractivity contribution in [2.75, 3.05) is 24.8 Å². The molecule has 0 aliphatic rings. The van der Waals surface area contributed by atoms with Crippen LogP contribution in [0.5, 0.6) is 5.75 Å². The molecule has 0 bridgehead atoms. The van der Waals surface area contributed by atoms with Crippen molar-refractivity contribution in [1.29, 1.82) is 0 Å². The van der Waals surface area contributed by atoms with Crippen LogP contribution < -0.4 is 10.1 Å². The van der Waals surface area contributed by atoms with Crippen molar-refractivity contribution in [3.05, 3.63) is 65.4 Å². The van der Waals surface area contributed by atoms with Gasteiger partial charge in [-0.15, -0.1) is 15.7 Å². The van der Waals surface area contributed by atoms with E-state index in [1.54, 1.807) is 56.4 Å². The van der Waals surface area contributed by atoms with Crippen molar-refractivity contribution in [3.63, 3.8) is 0 Å². The Kier molecular flexibility index (Phi) is 8.48. The van der Waals surface area contributed by atoms with Crippen LogP contribution >= 0.6 is 11.3 Å². The minimum absolute atomic E-state index is 0.0377. The summed E-state index contributed by atoms with van der Waals surface area (Å²) >= 11 is 1.41. The summed E-state index contributed by atoms with van der Waals surface area (Å²) in [7, 11) is -3.03.